The molecule has 1 N–H and O–H groups in total. The second-order valence-corrected chi connectivity index (χ2v) is 2.28. The van der Waals surface area contributed by atoms with Crippen LogP contribution in [0.3, 0.4) is 0 Å². The molecule has 0 saturated carbocycles. The van der Waals surface area contributed by atoms with E-state index in [2.05, 4.69) is 15.4 Å². The Morgan fingerprint density at radius 3 is 3.25 bits per heavy atom. The number of fused-ring (bicyclic) bond motifs is 1. The van der Waals surface area contributed by atoms with E-state index in [0.717, 1.165) is 10.9 Å². The van der Waals surface area contributed by atoms with Gasteiger partial charge in [-0.3, -0.25) is 14.9 Å². The van der Waals surface area contributed by atoms with E-state index in [1.807, 2.05) is 0 Å². The summed E-state index contributed by atoms with van der Waals surface area (Å²) >= 11 is 0. The van der Waals surface area contributed by atoms with E-state index in [1.54, 1.807) is 18.6 Å². The summed E-state index contributed by atoms with van der Waals surface area (Å²) in [6.07, 6.45) is 7.21. The number of aromatic nitrogens is 3. The van der Waals surface area contributed by atoms with Crippen LogP contribution in [0, 0.1) is 0 Å². The maximum atomic E-state index is 10.1. The Kier molecular flexibility index (Phi) is 1.48. The van der Waals surface area contributed by atoms with E-state index in [-0.39, 0.29) is 1.43 Å². The normalized spacial score (nSPS) is 10.0. The van der Waals surface area contributed by atoms with Gasteiger partial charge in [0.2, 0.25) is 6.41 Å². The van der Waals surface area contributed by atoms with Crippen molar-refractivity contribution in [3.63, 3.8) is 0 Å². The molecule has 5 nitrogen and oxygen atoms in total. The zero-order valence-electron chi connectivity index (χ0n) is 7.14. The molecule has 0 bridgehead atoms. The van der Waals surface area contributed by atoms with Crippen LogP contribution >= 0.6 is 0 Å². The van der Waals surface area contributed by atoms with Crippen molar-refractivity contribution in [3.8, 4) is 0 Å². The van der Waals surface area contributed by atoms with E-state index in [4.69, 9.17) is 0 Å². The summed E-state index contributed by atoms with van der Waals surface area (Å²) in [5.74, 6) is 0. The second-order valence-electron chi connectivity index (χ2n) is 2.28. The molecule has 2 aromatic heterocycles. The molecule has 0 aliphatic carbocycles. The van der Waals surface area contributed by atoms with E-state index in [1.165, 1.54) is 11.0 Å². The van der Waals surface area contributed by atoms with E-state index < -0.39 is 0 Å². The maximum Gasteiger partial charge on any atom is 1.00 e. The minimum Gasteiger partial charge on any atom is -0.277 e. The van der Waals surface area contributed by atoms with Crippen LogP contribution < -0.4 is 5.43 Å². The summed E-state index contributed by atoms with van der Waals surface area (Å²) in [4.78, 5) is 17.9. The average molecular weight is 163 g/mol. The number of nitrogens with one attached hydrogen (secondary N) is 1. The third-order valence-electron chi connectivity index (χ3n) is 1.51. The van der Waals surface area contributed by atoms with Gasteiger partial charge in [-0.2, -0.15) is 0 Å². The highest BCUT2D eigenvalue weighted by Crippen LogP contribution is 2.08. The molecule has 0 unspecified atom stereocenters. The predicted molar refractivity (Wildman–Crippen MR) is 44.1 cm³/mol. The van der Waals surface area contributed by atoms with Crippen LogP contribution in [0.5, 0.6) is 0 Å². The van der Waals surface area contributed by atoms with Gasteiger partial charge in [0, 0.05) is 17.8 Å². The van der Waals surface area contributed by atoms with Crippen molar-refractivity contribution in [2.75, 3.05) is 5.43 Å². The molecule has 60 valence electrons. The molecular weight excluding hydrogens is 156 g/mol. The third kappa shape index (κ3) is 1.01. The number of carbonyl (C=O) groups excluding carboxylic acids is 1. The van der Waals surface area contributed by atoms with Gasteiger partial charge in [-0.25, -0.2) is 9.97 Å². The largest absolute Gasteiger partial charge is 1.00 e. The minimum atomic E-state index is 0. The highest BCUT2D eigenvalue weighted by molar-refractivity contribution is 5.77. The van der Waals surface area contributed by atoms with Crippen LogP contribution in [0.25, 0.3) is 10.9 Å². The van der Waals surface area contributed by atoms with Crippen LogP contribution in [0.1, 0.15) is 1.43 Å². The Balaban J connectivity index is 0.000000845. The summed E-state index contributed by atoms with van der Waals surface area (Å²) in [5, 5.41) is 0.895. The fourth-order valence-electron chi connectivity index (χ4n) is 1.01. The molecule has 1 amide bonds. The van der Waals surface area contributed by atoms with Crippen molar-refractivity contribution in [3.05, 3.63) is 24.9 Å². The molecule has 0 atom stereocenters. The fraction of sp³-hybridized carbons (Fsp3) is 0. The van der Waals surface area contributed by atoms with Crippen LogP contribution in [0.2, 0.25) is 0 Å². The molecule has 0 spiro atoms. The Hall–Kier alpha value is -1.91. The highest BCUT2D eigenvalue weighted by atomic mass is 16.1. The summed E-state index contributed by atoms with van der Waals surface area (Å²) in [6.45, 7) is 0. The topological polar surface area (TPSA) is 59.8 Å². The molecule has 2 rings (SSSR count). The van der Waals surface area contributed by atoms with Crippen molar-refractivity contribution in [2.24, 2.45) is 0 Å². The molecule has 5 heteroatoms. The van der Waals surface area contributed by atoms with Crippen LogP contribution in [-0.2, 0) is 4.79 Å². The van der Waals surface area contributed by atoms with Gasteiger partial charge in [-0.1, -0.05) is 0 Å². The first-order valence-corrected chi connectivity index (χ1v) is 3.38. The van der Waals surface area contributed by atoms with Gasteiger partial charge in [0.25, 0.3) is 0 Å². The summed E-state index contributed by atoms with van der Waals surface area (Å²) in [7, 11) is 0. The number of hydrogen-bond acceptors (Lipinski definition) is 3. The fourth-order valence-corrected chi connectivity index (χ4v) is 1.01. The minimum absolute atomic E-state index is 0. The Morgan fingerprint density at radius 1 is 1.58 bits per heavy atom. The van der Waals surface area contributed by atoms with E-state index >= 15 is 0 Å². The molecule has 0 aliphatic rings. The van der Waals surface area contributed by atoms with Gasteiger partial charge >= 0.3 is 1.43 Å². The summed E-state index contributed by atoms with van der Waals surface area (Å²) in [6, 6.07) is 0. The first kappa shape index (κ1) is 6.78. The molecule has 12 heavy (non-hydrogen) atoms. The molecular formula is C7H7N4O+. The van der Waals surface area contributed by atoms with Crippen molar-refractivity contribution >= 4 is 17.3 Å². The van der Waals surface area contributed by atoms with E-state index in [0.29, 0.717) is 6.41 Å². The molecule has 0 saturated heterocycles. The predicted octanol–water partition coefficient (Wildman–Crippen LogP) is 0.244. The molecule has 0 fully saturated rings. The monoisotopic (exact) mass is 163 g/mol. The summed E-state index contributed by atoms with van der Waals surface area (Å²) in [5.41, 5.74) is 3.27. The van der Waals surface area contributed by atoms with Gasteiger partial charge in [0.15, 0.2) is 0 Å². The van der Waals surface area contributed by atoms with Crippen LogP contribution in [0.4, 0.5) is 0 Å². The smallest absolute Gasteiger partial charge is 0.277 e. The van der Waals surface area contributed by atoms with Crippen molar-refractivity contribution in [2.45, 2.75) is 0 Å². The maximum absolute atomic E-state index is 10.1. The van der Waals surface area contributed by atoms with Gasteiger partial charge in [-0.05, 0) is 0 Å². The average Bonchev–Trinajstić information content (AvgIpc) is 2.47. The number of nitrogens with zero attached hydrogens (tertiary/aromatic N) is 3. The zero-order valence-corrected chi connectivity index (χ0v) is 6.14. The van der Waals surface area contributed by atoms with Gasteiger partial charge < -0.3 is 0 Å². The van der Waals surface area contributed by atoms with E-state index in [9.17, 15) is 4.79 Å². The van der Waals surface area contributed by atoms with Gasteiger partial charge in [-0.15, -0.1) is 0 Å². The lowest BCUT2D eigenvalue weighted by Gasteiger charge is -1.93. The standard InChI is InChI=1S/C7H6N4O/c12-5-10-11-2-6-1-8-4-9-7(6)3-11/h1-5H,(H,10,12)/p+1. The number of amides is 1. The van der Waals surface area contributed by atoms with Gasteiger partial charge in [0.05, 0.1) is 11.7 Å². The van der Waals surface area contributed by atoms with Crippen LogP contribution in [-0.4, -0.2) is 21.1 Å². The number of carbonyl (C=O) groups is 1. The quantitative estimate of drug-likeness (QED) is 0.645. The first-order chi connectivity index (χ1) is 5.90. The number of hydrogen-bond donors (Lipinski definition) is 1. The highest BCUT2D eigenvalue weighted by Gasteiger charge is 1.96. The lowest BCUT2D eigenvalue weighted by molar-refractivity contribution is -0.106. The lowest BCUT2D eigenvalue weighted by atomic mass is 10.4. The van der Waals surface area contributed by atoms with Crippen molar-refractivity contribution in [1.29, 1.82) is 0 Å². The third-order valence-corrected chi connectivity index (χ3v) is 1.51. The molecule has 2 heterocycles. The Morgan fingerprint density at radius 2 is 2.50 bits per heavy atom. The Labute approximate surface area is 69.5 Å². The SMILES string of the molecule is O=CNn1cc2cncnc2c1.[H+]. The molecule has 0 radical (unpaired) electrons. The first-order valence-electron chi connectivity index (χ1n) is 3.38. The van der Waals surface area contributed by atoms with Crippen molar-refractivity contribution in [1.82, 2.24) is 14.6 Å². The molecule has 2 aromatic rings. The zero-order chi connectivity index (χ0) is 8.39. The van der Waals surface area contributed by atoms with Crippen molar-refractivity contribution < 1.29 is 6.22 Å². The van der Waals surface area contributed by atoms with Gasteiger partial charge in [0.1, 0.15) is 6.33 Å². The molecule has 0 aromatic carbocycles. The van der Waals surface area contributed by atoms with Crippen LogP contribution in [0.15, 0.2) is 24.9 Å². The molecule has 0 aliphatic heterocycles. The Bertz CT molecular complexity index is 381. The summed E-state index contributed by atoms with van der Waals surface area (Å²) < 4.78 is 1.53. The second kappa shape index (κ2) is 2.61. The lowest BCUT2D eigenvalue weighted by Crippen LogP contribution is -2.08. The number of rotatable bonds is 2.